The van der Waals surface area contributed by atoms with Crippen LogP contribution in [0.5, 0.6) is 0 Å². The molecule has 0 saturated heterocycles. The van der Waals surface area contributed by atoms with Gasteiger partial charge in [0.1, 0.15) is 5.82 Å². The van der Waals surface area contributed by atoms with Gasteiger partial charge in [-0.25, -0.2) is 9.37 Å². The van der Waals surface area contributed by atoms with Crippen LogP contribution in [0.25, 0.3) is 11.3 Å². The number of aryl methyl sites for hydroxylation is 1. The summed E-state index contributed by atoms with van der Waals surface area (Å²) in [6.45, 7) is 5.96. The molecule has 0 aliphatic carbocycles. The van der Waals surface area contributed by atoms with Crippen molar-refractivity contribution in [3.05, 3.63) is 34.5 Å². The predicted octanol–water partition coefficient (Wildman–Crippen LogP) is 3.96. The van der Waals surface area contributed by atoms with Crippen LogP contribution in [0.3, 0.4) is 0 Å². The maximum absolute atomic E-state index is 13.2. The molecule has 1 heterocycles. The minimum Gasteiger partial charge on any atom is -0.375 e. The molecule has 0 amide bonds. The number of benzene rings is 1. The van der Waals surface area contributed by atoms with Gasteiger partial charge in [0.25, 0.3) is 0 Å². The van der Waals surface area contributed by atoms with E-state index in [1.54, 1.807) is 13.0 Å². The summed E-state index contributed by atoms with van der Waals surface area (Å²) in [4.78, 5) is 5.49. The summed E-state index contributed by atoms with van der Waals surface area (Å²) in [5.74, 6) is 0.174. The summed E-state index contributed by atoms with van der Waals surface area (Å²) in [6.07, 6.45) is 0. The Morgan fingerprint density at radius 3 is 2.65 bits per heavy atom. The van der Waals surface area contributed by atoms with Crippen LogP contribution in [0.4, 0.5) is 9.52 Å². The highest BCUT2D eigenvalue weighted by molar-refractivity contribution is 7.15. The summed E-state index contributed by atoms with van der Waals surface area (Å²) in [7, 11) is 0. The van der Waals surface area contributed by atoms with Gasteiger partial charge in [-0.15, -0.1) is 11.3 Å². The SMILES string of the molecule is Cc1cc(-c2nc(N)sc2C(C)C)ccc1F. The average molecular weight is 250 g/mol. The van der Waals surface area contributed by atoms with Gasteiger partial charge in [0.15, 0.2) is 5.13 Å². The van der Waals surface area contributed by atoms with Gasteiger partial charge < -0.3 is 5.73 Å². The number of nitrogen functional groups attached to an aromatic ring is 1. The van der Waals surface area contributed by atoms with Crippen molar-refractivity contribution in [3.8, 4) is 11.3 Å². The molecule has 1 aromatic heterocycles. The third-order valence-electron chi connectivity index (χ3n) is 2.63. The Labute approximate surface area is 104 Å². The molecule has 2 N–H and O–H groups in total. The fourth-order valence-corrected chi connectivity index (χ4v) is 2.60. The lowest BCUT2D eigenvalue weighted by atomic mass is 10.0. The van der Waals surface area contributed by atoms with Crippen molar-refractivity contribution in [2.24, 2.45) is 0 Å². The summed E-state index contributed by atoms with van der Waals surface area (Å²) < 4.78 is 13.2. The molecule has 0 aliphatic heterocycles. The van der Waals surface area contributed by atoms with E-state index in [4.69, 9.17) is 5.73 Å². The van der Waals surface area contributed by atoms with Crippen LogP contribution in [0.15, 0.2) is 18.2 Å². The largest absolute Gasteiger partial charge is 0.375 e. The number of hydrogen-bond acceptors (Lipinski definition) is 3. The lowest BCUT2D eigenvalue weighted by Gasteiger charge is -2.06. The van der Waals surface area contributed by atoms with E-state index in [0.29, 0.717) is 16.6 Å². The molecule has 0 radical (unpaired) electrons. The number of halogens is 1. The summed E-state index contributed by atoms with van der Waals surface area (Å²) in [6, 6.07) is 5.04. The van der Waals surface area contributed by atoms with Gasteiger partial charge in [0.05, 0.1) is 5.69 Å². The van der Waals surface area contributed by atoms with Gasteiger partial charge >= 0.3 is 0 Å². The number of rotatable bonds is 2. The molecule has 0 unspecified atom stereocenters. The summed E-state index contributed by atoms with van der Waals surface area (Å²) in [5, 5.41) is 0.561. The Bertz CT molecular complexity index is 546. The van der Waals surface area contributed by atoms with Crippen LogP contribution in [-0.2, 0) is 0 Å². The highest BCUT2D eigenvalue weighted by atomic mass is 32.1. The molecule has 0 atom stereocenters. The highest BCUT2D eigenvalue weighted by Gasteiger charge is 2.15. The zero-order valence-corrected chi connectivity index (χ0v) is 10.9. The Morgan fingerprint density at radius 2 is 2.06 bits per heavy atom. The Morgan fingerprint density at radius 1 is 1.35 bits per heavy atom. The zero-order valence-electron chi connectivity index (χ0n) is 10.1. The van der Waals surface area contributed by atoms with E-state index in [9.17, 15) is 4.39 Å². The molecule has 0 spiro atoms. The fourth-order valence-electron chi connectivity index (χ4n) is 1.74. The lowest BCUT2D eigenvalue weighted by molar-refractivity contribution is 0.619. The van der Waals surface area contributed by atoms with Crippen molar-refractivity contribution < 1.29 is 4.39 Å². The van der Waals surface area contributed by atoms with Crippen molar-refractivity contribution in [1.29, 1.82) is 0 Å². The van der Waals surface area contributed by atoms with Crippen LogP contribution in [0.1, 0.15) is 30.2 Å². The van der Waals surface area contributed by atoms with Crippen LogP contribution < -0.4 is 5.73 Å². The van der Waals surface area contributed by atoms with Crippen LogP contribution in [0, 0.1) is 12.7 Å². The van der Waals surface area contributed by atoms with E-state index >= 15 is 0 Å². The smallest absolute Gasteiger partial charge is 0.180 e. The van der Waals surface area contributed by atoms with Crippen molar-refractivity contribution in [1.82, 2.24) is 4.98 Å². The number of anilines is 1. The molecule has 0 aliphatic rings. The van der Waals surface area contributed by atoms with Gasteiger partial charge in [-0.1, -0.05) is 13.8 Å². The maximum Gasteiger partial charge on any atom is 0.180 e. The van der Waals surface area contributed by atoms with E-state index in [1.165, 1.54) is 17.4 Å². The minimum absolute atomic E-state index is 0.192. The second-order valence-corrected chi connectivity index (χ2v) is 5.45. The topological polar surface area (TPSA) is 38.9 Å². The van der Waals surface area contributed by atoms with Gasteiger partial charge in [0, 0.05) is 10.4 Å². The lowest BCUT2D eigenvalue weighted by Crippen LogP contribution is -1.90. The van der Waals surface area contributed by atoms with Crippen LogP contribution in [-0.4, -0.2) is 4.98 Å². The molecule has 4 heteroatoms. The molecule has 1 aromatic carbocycles. The zero-order chi connectivity index (χ0) is 12.6. The number of nitrogens with zero attached hydrogens (tertiary/aromatic N) is 1. The summed E-state index contributed by atoms with van der Waals surface area (Å²) in [5.41, 5.74) is 8.20. The Hall–Kier alpha value is -1.42. The molecule has 90 valence electrons. The van der Waals surface area contributed by atoms with E-state index in [-0.39, 0.29) is 5.82 Å². The van der Waals surface area contributed by atoms with E-state index in [2.05, 4.69) is 18.8 Å². The molecule has 2 nitrogen and oxygen atoms in total. The van der Waals surface area contributed by atoms with Crippen molar-refractivity contribution in [3.63, 3.8) is 0 Å². The second-order valence-electron chi connectivity index (χ2n) is 4.38. The van der Waals surface area contributed by atoms with Gasteiger partial charge in [-0.05, 0) is 36.6 Å². The Balaban J connectivity index is 2.55. The molecule has 0 bridgehead atoms. The standard InChI is InChI=1S/C13H15FN2S/c1-7(2)12-11(16-13(15)17-12)9-4-5-10(14)8(3)6-9/h4-7H,1-3H3,(H2,15,16). The molecular weight excluding hydrogens is 235 g/mol. The number of thiazole rings is 1. The molecule has 0 fully saturated rings. The van der Waals surface area contributed by atoms with Crippen LogP contribution >= 0.6 is 11.3 Å². The van der Waals surface area contributed by atoms with Crippen molar-refractivity contribution in [2.45, 2.75) is 26.7 Å². The van der Waals surface area contributed by atoms with Gasteiger partial charge in [-0.2, -0.15) is 0 Å². The first-order chi connectivity index (χ1) is 7.99. The fraction of sp³-hybridized carbons (Fsp3) is 0.308. The van der Waals surface area contributed by atoms with Gasteiger partial charge in [0.2, 0.25) is 0 Å². The predicted molar refractivity (Wildman–Crippen MR) is 70.7 cm³/mol. The van der Waals surface area contributed by atoms with E-state index in [0.717, 1.165) is 16.1 Å². The number of aromatic nitrogens is 1. The third-order valence-corrected chi connectivity index (χ3v) is 3.81. The molecular formula is C13H15FN2S. The third kappa shape index (κ3) is 2.31. The summed E-state index contributed by atoms with van der Waals surface area (Å²) >= 11 is 1.50. The van der Waals surface area contributed by atoms with Crippen LogP contribution in [0.2, 0.25) is 0 Å². The Kier molecular flexibility index (Phi) is 3.15. The van der Waals surface area contributed by atoms with Crippen molar-refractivity contribution in [2.75, 3.05) is 5.73 Å². The second kappa shape index (κ2) is 4.45. The van der Waals surface area contributed by atoms with E-state index in [1.807, 2.05) is 6.07 Å². The van der Waals surface area contributed by atoms with Crippen molar-refractivity contribution >= 4 is 16.5 Å². The maximum atomic E-state index is 13.2. The van der Waals surface area contributed by atoms with Gasteiger partial charge in [-0.3, -0.25) is 0 Å². The van der Waals surface area contributed by atoms with E-state index < -0.39 is 0 Å². The highest BCUT2D eigenvalue weighted by Crippen LogP contribution is 2.35. The first kappa shape index (κ1) is 12.0. The molecule has 2 aromatic rings. The first-order valence-corrected chi connectivity index (χ1v) is 6.33. The average Bonchev–Trinajstić information content (AvgIpc) is 2.64. The monoisotopic (exact) mass is 250 g/mol. The number of nitrogens with two attached hydrogens (primary N) is 1. The quantitative estimate of drug-likeness (QED) is 0.876. The molecule has 17 heavy (non-hydrogen) atoms. The number of hydrogen-bond donors (Lipinski definition) is 1. The molecule has 2 rings (SSSR count). The molecule has 0 saturated carbocycles. The minimum atomic E-state index is -0.192. The normalized spacial score (nSPS) is 11.1. The first-order valence-electron chi connectivity index (χ1n) is 5.51.